The Morgan fingerprint density at radius 3 is 2.40 bits per heavy atom. The molecule has 3 rings (SSSR count). The van der Waals surface area contributed by atoms with Gasteiger partial charge in [-0.2, -0.15) is 0 Å². The molecule has 0 aromatic heterocycles. The molecule has 0 atom stereocenters. The topological polar surface area (TPSA) is 76.0 Å². The lowest BCUT2D eigenvalue weighted by Gasteiger charge is -2.16. The number of phenolic OH excluding ortho intramolecular Hbond substituents is 2. The maximum Gasteiger partial charge on any atom is 0.347 e. The Bertz CT molecular complexity index is 944. The maximum atomic E-state index is 12.7. The number of carbonyl (C=O) groups excluding carboxylic acids is 1. The van der Waals surface area contributed by atoms with Crippen LogP contribution < -0.4 is 9.47 Å². The van der Waals surface area contributed by atoms with Crippen LogP contribution in [-0.4, -0.2) is 16.2 Å². The quantitative estimate of drug-likeness (QED) is 0.502. The van der Waals surface area contributed by atoms with Crippen molar-refractivity contribution in [2.45, 2.75) is 27.7 Å². The number of esters is 1. The Morgan fingerprint density at radius 2 is 1.76 bits per heavy atom. The summed E-state index contributed by atoms with van der Waals surface area (Å²) in [5, 5.41) is 20.3. The Balaban J connectivity index is 2.35. The summed E-state index contributed by atoms with van der Waals surface area (Å²) in [6.45, 7) is 7.07. The number of benzene rings is 2. The fraction of sp³-hybridized carbons (Fsp3) is 0.211. The molecular formula is C19H17BrO5. The predicted octanol–water partition coefficient (Wildman–Crippen LogP) is 5.23. The lowest BCUT2D eigenvalue weighted by atomic mass is 10.0. The van der Waals surface area contributed by atoms with Crippen molar-refractivity contribution in [1.29, 1.82) is 0 Å². The number of aromatic hydroxyl groups is 2. The molecule has 0 saturated carbocycles. The second kappa shape index (κ2) is 6.11. The van der Waals surface area contributed by atoms with Crippen molar-refractivity contribution in [1.82, 2.24) is 0 Å². The third-order valence-corrected chi connectivity index (χ3v) is 5.37. The lowest BCUT2D eigenvalue weighted by molar-refractivity contribution is 0.0735. The van der Waals surface area contributed by atoms with Gasteiger partial charge >= 0.3 is 5.97 Å². The van der Waals surface area contributed by atoms with Crippen molar-refractivity contribution in [2.75, 3.05) is 0 Å². The normalized spacial score (nSPS) is 13.5. The van der Waals surface area contributed by atoms with Gasteiger partial charge in [0.2, 0.25) is 0 Å². The molecule has 2 aromatic rings. The van der Waals surface area contributed by atoms with Crippen LogP contribution in [0.3, 0.4) is 0 Å². The Labute approximate surface area is 153 Å². The average molecular weight is 405 g/mol. The van der Waals surface area contributed by atoms with Crippen molar-refractivity contribution in [2.24, 2.45) is 0 Å². The summed E-state index contributed by atoms with van der Waals surface area (Å²) in [5.74, 6) is 0.0822. The van der Waals surface area contributed by atoms with Gasteiger partial charge in [-0.15, -0.1) is 0 Å². The minimum absolute atomic E-state index is 0.0121. The minimum atomic E-state index is -0.607. The largest absolute Gasteiger partial charge is 0.508 e. The second-order valence-corrected chi connectivity index (χ2v) is 6.69. The molecule has 0 radical (unpaired) electrons. The standard InChI is InChI=1S/C19H17BrO5/c1-5-8(2)11-6-12(21)9(3)17-18(11)24-14-7-13(22)16(20)10(4)15(14)19(23)25-17/h5-7,21-22H,1-4H3/b8-5+. The van der Waals surface area contributed by atoms with E-state index in [-0.39, 0.29) is 28.6 Å². The smallest absolute Gasteiger partial charge is 0.347 e. The third-order valence-electron chi connectivity index (χ3n) is 4.37. The molecule has 1 aliphatic rings. The monoisotopic (exact) mass is 404 g/mol. The number of phenols is 2. The molecule has 0 spiro atoms. The summed E-state index contributed by atoms with van der Waals surface area (Å²) >= 11 is 3.26. The maximum absolute atomic E-state index is 12.7. The van der Waals surface area contributed by atoms with Crippen LogP contribution in [0.2, 0.25) is 0 Å². The number of carbonyl (C=O) groups is 1. The van der Waals surface area contributed by atoms with Gasteiger partial charge in [0.15, 0.2) is 11.5 Å². The summed E-state index contributed by atoms with van der Waals surface area (Å²) in [7, 11) is 0. The molecular weight excluding hydrogens is 388 g/mol. The van der Waals surface area contributed by atoms with E-state index >= 15 is 0 Å². The molecule has 0 amide bonds. The first-order chi connectivity index (χ1) is 11.8. The van der Waals surface area contributed by atoms with Gasteiger partial charge in [0.25, 0.3) is 0 Å². The lowest BCUT2D eigenvalue weighted by Crippen LogP contribution is -2.10. The van der Waals surface area contributed by atoms with Gasteiger partial charge < -0.3 is 19.7 Å². The van der Waals surface area contributed by atoms with Gasteiger partial charge in [0.1, 0.15) is 22.8 Å². The molecule has 0 fully saturated rings. The van der Waals surface area contributed by atoms with E-state index in [2.05, 4.69) is 15.9 Å². The number of hydrogen-bond acceptors (Lipinski definition) is 5. The van der Waals surface area contributed by atoms with Gasteiger partial charge in [0.05, 0.1) is 4.47 Å². The zero-order valence-electron chi connectivity index (χ0n) is 14.2. The fourth-order valence-electron chi connectivity index (χ4n) is 2.73. The summed E-state index contributed by atoms with van der Waals surface area (Å²) < 4.78 is 12.0. The van der Waals surface area contributed by atoms with Crippen molar-refractivity contribution in [3.8, 4) is 28.7 Å². The van der Waals surface area contributed by atoms with E-state index in [0.29, 0.717) is 26.9 Å². The zero-order valence-corrected chi connectivity index (χ0v) is 15.8. The van der Waals surface area contributed by atoms with Crippen LogP contribution in [0.25, 0.3) is 5.57 Å². The molecule has 2 aromatic carbocycles. The molecule has 0 bridgehead atoms. The summed E-state index contributed by atoms with van der Waals surface area (Å²) in [6, 6.07) is 2.95. The molecule has 0 aliphatic carbocycles. The summed E-state index contributed by atoms with van der Waals surface area (Å²) in [6.07, 6.45) is 1.87. The van der Waals surface area contributed by atoms with E-state index in [1.54, 1.807) is 19.9 Å². The molecule has 25 heavy (non-hydrogen) atoms. The molecule has 1 heterocycles. The van der Waals surface area contributed by atoms with Crippen LogP contribution in [0.4, 0.5) is 0 Å². The number of halogens is 1. The Kier molecular flexibility index (Phi) is 4.24. The highest BCUT2D eigenvalue weighted by Crippen LogP contribution is 2.49. The number of hydrogen-bond donors (Lipinski definition) is 2. The molecule has 0 unspecified atom stereocenters. The van der Waals surface area contributed by atoms with Crippen molar-refractivity contribution < 1.29 is 24.5 Å². The second-order valence-electron chi connectivity index (χ2n) is 5.90. The highest BCUT2D eigenvalue weighted by atomic mass is 79.9. The van der Waals surface area contributed by atoms with Crippen LogP contribution in [0.15, 0.2) is 22.7 Å². The number of fused-ring (bicyclic) bond motifs is 2. The van der Waals surface area contributed by atoms with Gasteiger partial charge in [-0.25, -0.2) is 4.79 Å². The van der Waals surface area contributed by atoms with Gasteiger partial charge in [-0.1, -0.05) is 6.08 Å². The molecule has 5 nitrogen and oxygen atoms in total. The van der Waals surface area contributed by atoms with Crippen LogP contribution in [0, 0.1) is 13.8 Å². The van der Waals surface area contributed by atoms with Crippen molar-refractivity contribution in [3.05, 3.63) is 44.9 Å². The highest BCUT2D eigenvalue weighted by Gasteiger charge is 2.31. The van der Waals surface area contributed by atoms with Gasteiger partial charge in [-0.3, -0.25) is 0 Å². The van der Waals surface area contributed by atoms with E-state index in [9.17, 15) is 15.0 Å². The van der Waals surface area contributed by atoms with E-state index in [1.165, 1.54) is 6.07 Å². The third kappa shape index (κ3) is 2.66. The number of rotatable bonds is 1. The zero-order chi connectivity index (χ0) is 18.5. The Hall–Kier alpha value is -2.47. The average Bonchev–Trinajstić information content (AvgIpc) is 2.72. The Morgan fingerprint density at radius 1 is 1.08 bits per heavy atom. The molecule has 1 aliphatic heterocycles. The molecule has 130 valence electrons. The van der Waals surface area contributed by atoms with E-state index < -0.39 is 5.97 Å². The minimum Gasteiger partial charge on any atom is -0.508 e. The summed E-state index contributed by atoms with van der Waals surface area (Å²) in [4.78, 5) is 12.7. The van der Waals surface area contributed by atoms with Crippen molar-refractivity contribution >= 4 is 27.5 Å². The predicted molar refractivity (Wildman–Crippen MR) is 97.7 cm³/mol. The van der Waals surface area contributed by atoms with E-state index in [1.807, 2.05) is 19.9 Å². The summed E-state index contributed by atoms with van der Waals surface area (Å²) in [5.41, 5.74) is 2.61. The van der Waals surface area contributed by atoms with E-state index in [4.69, 9.17) is 9.47 Å². The van der Waals surface area contributed by atoms with Crippen LogP contribution in [-0.2, 0) is 0 Å². The van der Waals surface area contributed by atoms with Crippen LogP contribution >= 0.6 is 15.9 Å². The molecule has 2 N–H and O–H groups in total. The first-order valence-electron chi connectivity index (χ1n) is 7.68. The van der Waals surface area contributed by atoms with Gasteiger partial charge in [-0.05, 0) is 60.8 Å². The first kappa shape index (κ1) is 17.4. The molecule has 6 heteroatoms. The van der Waals surface area contributed by atoms with Crippen molar-refractivity contribution in [3.63, 3.8) is 0 Å². The highest BCUT2D eigenvalue weighted by molar-refractivity contribution is 9.10. The van der Waals surface area contributed by atoms with E-state index in [0.717, 1.165) is 5.57 Å². The SMILES string of the molecule is C/C=C(\C)c1cc(O)c(C)c2c1Oc1cc(O)c(Br)c(C)c1C(=O)O2. The molecule has 0 saturated heterocycles. The first-order valence-corrected chi connectivity index (χ1v) is 8.47. The number of allylic oxidation sites excluding steroid dienone is 2. The number of ether oxygens (including phenoxy) is 2. The van der Waals surface area contributed by atoms with Crippen LogP contribution in [0.5, 0.6) is 28.7 Å². The van der Waals surface area contributed by atoms with Crippen LogP contribution in [0.1, 0.15) is 40.9 Å². The van der Waals surface area contributed by atoms with Gasteiger partial charge in [0, 0.05) is 17.2 Å². The fourth-order valence-corrected chi connectivity index (χ4v) is 3.04.